The minimum Gasteiger partial charge on any atom is -0.394 e. The molecular weight excluding hydrogens is 422 g/mol. The molecule has 9 nitrogen and oxygen atoms in total. The largest absolute Gasteiger partial charge is 0.394 e. The molecule has 2 heterocycles. The number of fused-ring (bicyclic) bond motifs is 1. The average molecular weight is 458 g/mol. The minimum atomic E-state index is -0.307. The molecule has 1 aromatic carbocycles. The van der Waals surface area contributed by atoms with Gasteiger partial charge in [-0.2, -0.15) is 0 Å². The Morgan fingerprint density at radius 1 is 1.33 bits per heavy atom. The summed E-state index contributed by atoms with van der Waals surface area (Å²) in [6.45, 7) is 5.50. The fraction of sp³-hybridized carbons (Fsp3) is 0.583. The molecule has 0 saturated carbocycles. The van der Waals surface area contributed by atoms with Crippen molar-refractivity contribution < 1.29 is 19.4 Å². The molecule has 1 N–H and O–H groups in total. The molecule has 0 unspecified atom stereocenters. The highest BCUT2D eigenvalue weighted by Crippen LogP contribution is 2.18. The van der Waals surface area contributed by atoms with Gasteiger partial charge in [0.2, 0.25) is 11.8 Å². The highest BCUT2D eigenvalue weighted by atomic mass is 16.5. The van der Waals surface area contributed by atoms with Crippen LogP contribution in [0.3, 0.4) is 0 Å². The monoisotopic (exact) mass is 457 g/mol. The number of amides is 2. The molecule has 2 amide bonds. The van der Waals surface area contributed by atoms with Crippen LogP contribution in [-0.2, 0) is 33.9 Å². The molecular formula is C24H35N5O4. The fourth-order valence-electron chi connectivity index (χ4n) is 4.02. The quantitative estimate of drug-likeness (QED) is 0.706. The summed E-state index contributed by atoms with van der Waals surface area (Å²) in [7, 11) is 1.78. The molecule has 2 aromatic rings. The summed E-state index contributed by atoms with van der Waals surface area (Å²) >= 11 is 0. The van der Waals surface area contributed by atoms with Crippen molar-refractivity contribution in [1.82, 2.24) is 24.8 Å². The number of rotatable bonds is 6. The number of carbonyl (C=O) groups is 2. The predicted molar refractivity (Wildman–Crippen MR) is 123 cm³/mol. The molecule has 0 radical (unpaired) electrons. The molecule has 0 spiro atoms. The Balaban J connectivity index is 1.76. The maximum absolute atomic E-state index is 12.9. The van der Waals surface area contributed by atoms with Crippen LogP contribution in [0.1, 0.15) is 37.9 Å². The van der Waals surface area contributed by atoms with Gasteiger partial charge in [-0.1, -0.05) is 42.5 Å². The Labute approximate surface area is 195 Å². The third kappa shape index (κ3) is 6.85. The number of aliphatic hydroxyl groups is 1. The van der Waals surface area contributed by atoms with Gasteiger partial charge >= 0.3 is 0 Å². The van der Waals surface area contributed by atoms with E-state index in [1.54, 1.807) is 27.7 Å². The van der Waals surface area contributed by atoms with E-state index in [0.717, 1.165) is 11.3 Å². The van der Waals surface area contributed by atoms with Crippen LogP contribution >= 0.6 is 0 Å². The standard InChI is InChI=1S/C24H35N5O4/c1-18-14-28(19(2)16-30)23(31)10-7-11-29-21(13-25-26-29)17-33-22(18)15-27(3)24(32)12-20-8-5-4-6-9-20/h4-6,8-9,13,18-19,22,30H,7,10-12,14-17H2,1-3H3/t18-,19-,22-/m0/s1. The van der Waals surface area contributed by atoms with E-state index < -0.39 is 0 Å². The fourth-order valence-corrected chi connectivity index (χ4v) is 4.02. The number of hydrogen-bond donors (Lipinski definition) is 1. The normalized spacial score (nSPS) is 21.0. The Morgan fingerprint density at radius 3 is 2.82 bits per heavy atom. The number of aliphatic hydroxyl groups excluding tert-OH is 1. The lowest BCUT2D eigenvalue weighted by molar-refractivity contribution is -0.138. The minimum absolute atomic E-state index is 0.00195. The van der Waals surface area contributed by atoms with E-state index in [1.807, 2.05) is 44.2 Å². The molecule has 0 fully saturated rings. The van der Waals surface area contributed by atoms with Gasteiger partial charge in [-0.05, 0) is 18.9 Å². The molecule has 0 aliphatic carbocycles. The lowest BCUT2D eigenvalue weighted by atomic mass is 10.0. The smallest absolute Gasteiger partial charge is 0.226 e. The SMILES string of the molecule is C[C@H]1CN([C@@H](C)CO)C(=O)CCCn2nncc2CO[C@H]1CN(C)C(=O)Cc1ccccc1. The number of nitrogens with zero attached hydrogens (tertiary/aromatic N) is 5. The molecule has 1 aromatic heterocycles. The van der Waals surface area contributed by atoms with Gasteiger partial charge in [0.25, 0.3) is 0 Å². The van der Waals surface area contributed by atoms with Crippen molar-refractivity contribution in [2.24, 2.45) is 5.92 Å². The van der Waals surface area contributed by atoms with Crippen LogP contribution in [0.2, 0.25) is 0 Å². The van der Waals surface area contributed by atoms with Gasteiger partial charge in [0.05, 0.1) is 43.7 Å². The summed E-state index contributed by atoms with van der Waals surface area (Å²) in [5.41, 5.74) is 1.81. The van der Waals surface area contributed by atoms with Crippen LogP contribution in [0.5, 0.6) is 0 Å². The number of aryl methyl sites for hydroxylation is 1. The highest BCUT2D eigenvalue weighted by molar-refractivity contribution is 5.78. The van der Waals surface area contributed by atoms with E-state index in [9.17, 15) is 14.7 Å². The van der Waals surface area contributed by atoms with Crippen LogP contribution in [-0.4, -0.2) is 80.6 Å². The van der Waals surface area contributed by atoms with Gasteiger partial charge in [-0.15, -0.1) is 5.10 Å². The molecule has 1 aliphatic heterocycles. The van der Waals surface area contributed by atoms with Crippen molar-refractivity contribution in [2.75, 3.05) is 26.7 Å². The zero-order valence-electron chi connectivity index (χ0n) is 19.8. The van der Waals surface area contributed by atoms with E-state index in [2.05, 4.69) is 10.3 Å². The summed E-state index contributed by atoms with van der Waals surface area (Å²) < 4.78 is 8.05. The van der Waals surface area contributed by atoms with Crippen LogP contribution in [0.4, 0.5) is 0 Å². The number of benzene rings is 1. The Bertz CT molecular complexity index is 903. The summed E-state index contributed by atoms with van der Waals surface area (Å²) in [5.74, 6) is -0.0527. The Morgan fingerprint density at radius 2 is 2.09 bits per heavy atom. The summed E-state index contributed by atoms with van der Waals surface area (Å²) in [6, 6.07) is 9.36. The van der Waals surface area contributed by atoms with Gasteiger partial charge in [-0.3, -0.25) is 9.59 Å². The molecule has 1 aliphatic rings. The van der Waals surface area contributed by atoms with Crippen molar-refractivity contribution in [1.29, 1.82) is 0 Å². The molecule has 0 saturated heterocycles. The summed E-state index contributed by atoms with van der Waals surface area (Å²) in [4.78, 5) is 29.2. The molecule has 3 atom stereocenters. The number of ether oxygens (including phenoxy) is 1. The first-order valence-electron chi connectivity index (χ1n) is 11.6. The second kappa shape index (κ2) is 11.9. The summed E-state index contributed by atoms with van der Waals surface area (Å²) in [6.07, 6.45) is 2.70. The summed E-state index contributed by atoms with van der Waals surface area (Å²) in [5, 5.41) is 17.8. The van der Waals surface area contributed by atoms with Gasteiger partial charge in [0, 0.05) is 39.0 Å². The molecule has 0 bridgehead atoms. The van der Waals surface area contributed by atoms with Crippen LogP contribution < -0.4 is 0 Å². The zero-order valence-corrected chi connectivity index (χ0v) is 19.8. The first-order chi connectivity index (χ1) is 15.9. The average Bonchev–Trinajstić information content (AvgIpc) is 3.26. The van der Waals surface area contributed by atoms with E-state index in [1.165, 1.54) is 0 Å². The van der Waals surface area contributed by atoms with Crippen molar-refractivity contribution in [3.05, 3.63) is 47.8 Å². The third-order valence-electron chi connectivity index (χ3n) is 6.22. The van der Waals surface area contributed by atoms with Crippen molar-refractivity contribution in [2.45, 2.75) is 58.4 Å². The van der Waals surface area contributed by atoms with Crippen molar-refractivity contribution >= 4 is 11.8 Å². The van der Waals surface area contributed by atoms with Crippen LogP contribution in [0, 0.1) is 5.92 Å². The maximum Gasteiger partial charge on any atom is 0.226 e. The predicted octanol–water partition coefficient (Wildman–Crippen LogP) is 1.50. The van der Waals surface area contributed by atoms with Crippen LogP contribution in [0.15, 0.2) is 36.5 Å². The molecule has 9 heteroatoms. The van der Waals surface area contributed by atoms with Crippen molar-refractivity contribution in [3.8, 4) is 0 Å². The van der Waals surface area contributed by atoms with Gasteiger partial charge < -0.3 is 19.6 Å². The van der Waals surface area contributed by atoms with E-state index in [4.69, 9.17) is 4.74 Å². The maximum atomic E-state index is 12.9. The van der Waals surface area contributed by atoms with E-state index in [0.29, 0.717) is 45.5 Å². The second-order valence-electron chi connectivity index (χ2n) is 8.89. The number of aromatic nitrogens is 3. The number of carbonyl (C=O) groups excluding carboxylic acids is 2. The zero-order chi connectivity index (χ0) is 23.8. The molecule has 3 rings (SSSR count). The first-order valence-corrected chi connectivity index (χ1v) is 11.6. The number of likely N-dealkylation sites (N-methyl/N-ethyl adjacent to an activating group) is 1. The van der Waals surface area contributed by atoms with E-state index in [-0.39, 0.29) is 36.5 Å². The van der Waals surface area contributed by atoms with Crippen molar-refractivity contribution in [3.63, 3.8) is 0 Å². The molecule has 33 heavy (non-hydrogen) atoms. The lowest BCUT2D eigenvalue weighted by Gasteiger charge is -2.35. The second-order valence-corrected chi connectivity index (χ2v) is 8.89. The topological polar surface area (TPSA) is 101 Å². The van der Waals surface area contributed by atoms with E-state index >= 15 is 0 Å². The first kappa shape index (κ1) is 24.9. The van der Waals surface area contributed by atoms with Gasteiger partial charge in [0.1, 0.15) is 0 Å². The van der Waals surface area contributed by atoms with Crippen LogP contribution in [0.25, 0.3) is 0 Å². The lowest BCUT2D eigenvalue weighted by Crippen LogP contribution is -2.48. The van der Waals surface area contributed by atoms with Gasteiger partial charge in [0.15, 0.2) is 0 Å². The van der Waals surface area contributed by atoms with Gasteiger partial charge in [-0.25, -0.2) is 4.68 Å². The number of hydrogen-bond acceptors (Lipinski definition) is 6. The highest BCUT2D eigenvalue weighted by Gasteiger charge is 2.29. The Hall–Kier alpha value is -2.78. The Kier molecular flexibility index (Phi) is 8.96. The molecule has 180 valence electrons. The third-order valence-corrected chi connectivity index (χ3v) is 6.22.